The van der Waals surface area contributed by atoms with Crippen molar-refractivity contribution in [1.82, 2.24) is 5.32 Å². The first kappa shape index (κ1) is 20.6. The van der Waals surface area contributed by atoms with Crippen LogP contribution in [-0.4, -0.2) is 26.2 Å². The van der Waals surface area contributed by atoms with Gasteiger partial charge in [-0.1, -0.05) is 32.0 Å². The maximum atomic E-state index is 12.7. The lowest BCUT2D eigenvalue weighted by atomic mass is 9.96. The van der Waals surface area contributed by atoms with Crippen LogP contribution in [0, 0.1) is 5.92 Å². The fourth-order valence-electron chi connectivity index (χ4n) is 2.81. The Labute approximate surface area is 161 Å². The van der Waals surface area contributed by atoms with Crippen molar-refractivity contribution in [2.24, 2.45) is 5.92 Å². The van der Waals surface area contributed by atoms with Gasteiger partial charge >= 0.3 is 0 Å². The zero-order chi connectivity index (χ0) is 19.8. The second-order valence-electron chi connectivity index (χ2n) is 6.90. The Hall–Kier alpha value is -2.69. The molecule has 1 N–H and O–H groups in total. The summed E-state index contributed by atoms with van der Waals surface area (Å²) in [5.41, 5.74) is 1.05. The molecule has 0 saturated carbocycles. The highest BCUT2D eigenvalue weighted by Crippen LogP contribution is 2.24. The Morgan fingerprint density at radius 3 is 2.15 bits per heavy atom. The molecule has 5 nitrogen and oxygen atoms in total. The van der Waals surface area contributed by atoms with Crippen LogP contribution in [0.25, 0.3) is 0 Å². The van der Waals surface area contributed by atoms with Gasteiger partial charge in [0.1, 0.15) is 17.2 Å². The molecule has 27 heavy (non-hydrogen) atoms. The van der Waals surface area contributed by atoms with Crippen LogP contribution < -0.4 is 19.5 Å². The normalized spacial score (nSPS) is 13.0. The number of hydrogen-bond acceptors (Lipinski definition) is 4. The molecule has 0 aliphatic carbocycles. The van der Waals surface area contributed by atoms with E-state index in [1.54, 1.807) is 33.3 Å². The second kappa shape index (κ2) is 9.86. The summed E-state index contributed by atoms with van der Waals surface area (Å²) in [5, 5.41) is 3.11. The molecule has 1 amide bonds. The van der Waals surface area contributed by atoms with Crippen molar-refractivity contribution in [3.8, 4) is 17.2 Å². The molecule has 0 radical (unpaired) electrons. The van der Waals surface area contributed by atoms with Gasteiger partial charge in [0.2, 0.25) is 0 Å². The number of carbonyl (C=O) groups is 1. The summed E-state index contributed by atoms with van der Waals surface area (Å²) < 4.78 is 16.2. The summed E-state index contributed by atoms with van der Waals surface area (Å²) in [6.45, 7) is 6.02. The Balaban J connectivity index is 2.06. The van der Waals surface area contributed by atoms with Crippen molar-refractivity contribution in [3.63, 3.8) is 0 Å². The molecule has 146 valence electrons. The maximum absolute atomic E-state index is 12.7. The molecule has 0 fully saturated rings. The van der Waals surface area contributed by atoms with E-state index in [-0.39, 0.29) is 11.9 Å². The highest BCUT2D eigenvalue weighted by atomic mass is 16.5. The van der Waals surface area contributed by atoms with E-state index in [1.165, 1.54) is 0 Å². The lowest BCUT2D eigenvalue weighted by Crippen LogP contribution is -2.39. The maximum Gasteiger partial charge on any atom is 0.261 e. The zero-order valence-electron chi connectivity index (χ0n) is 16.7. The smallest absolute Gasteiger partial charge is 0.261 e. The van der Waals surface area contributed by atoms with Crippen LogP contribution in [0.3, 0.4) is 0 Å². The van der Waals surface area contributed by atoms with Crippen molar-refractivity contribution in [3.05, 3.63) is 54.1 Å². The molecule has 0 bridgehead atoms. The van der Waals surface area contributed by atoms with Crippen LogP contribution in [0.1, 0.15) is 38.8 Å². The Bertz CT molecular complexity index is 727. The zero-order valence-corrected chi connectivity index (χ0v) is 16.7. The van der Waals surface area contributed by atoms with Gasteiger partial charge in [0, 0.05) is 6.07 Å². The van der Waals surface area contributed by atoms with Gasteiger partial charge < -0.3 is 19.5 Å². The fourth-order valence-corrected chi connectivity index (χ4v) is 2.81. The van der Waals surface area contributed by atoms with E-state index in [1.807, 2.05) is 36.4 Å². The van der Waals surface area contributed by atoms with E-state index in [0.29, 0.717) is 17.4 Å². The fraction of sp³-hybridized carbons (Fsp3) is 0.409. The molecule has 0 spiro atoms. The molecule has 0 unspecified atom stereocenters. The van der Waals surface area contributed by atoms with Crippen molar-refractivity contribution in [2.45, 2.75) is 39.3 Å². The molecule has 0 aliphatic rings. The molecular formula is C22H29NO4. The number of benzene rings is 2. The predicted molar refractivity (Wildman–Crippen MR) is 106 cm³/mol. The number of amides is 1. The summed E-state index contributed by atoms with van der Waals surface area (Å²) >= 11 is 0. The first-order valence-electron chi connectivity index (χ1n) is 9.18. The number of methoxy groups -OCH3 is 2. The first-order valence-corrected chi connectivity index (χ1v) is 9.18. The van der Waals surface area contributed by atoms with Gasteiger partial charge in [-0.3, -0.25) is 4.79 Å². The minimum absolute atomic E-state index is 0.0836. The van der Waals surface area contributed by atoms with E-state index >= 15 is 0 Å². The molecule has 0 aliphatic heterocycles. The Morgan fingerprint density at radius 1 is 0.926 bits per heavy atom. The van der Waals surface area contributed by atoms with Gasteiger partial charge in [0.25, 0.3) is 5.91 Å². The number of nitrogens with one attached hydrogen (secondary N) is 1. The van der Waals surface area contributed by atoms with E-state index < -0.39 is 6.10 Å². The van der Waals surface area contributed by atoms with Crippen LogP contribution in [0.2, 0.25) is 0 Å². The van der Waals surface area contributed by atoms with Crippen molar-refractivity contribution < 1.29 is 19.0 Å². The molecule has 2 atom stereocenters. The minimum atomic E-state index is -0.620. The highest BCUT2D eigenvalue weighted by Gasteiger charge is 2.21. The van der Waals surface area contributed by atoms with Crippen molar-refractivity contribution in [1.29, 1.82) is 0 Å². The second-order valence-corrected chi connectivity index (χ2v) is 6.90. The topological polar surface area (TPSA) is 56.8 Å². The summed E-state index contributed by atoms with van der Waals surface area (Å²) in [6.07, 6.45) is 0.217. The molecule has 5 heteroatoms. The van der Waals surface area contributed by atoms with Crippen molar-refractivity contribution >= 4 is 5.91 Å². The van der Waals surface area contributed by atoms with E-state index in [9.17, 15) is 4.79 Å². The van der Waals surface area contributed by atoms with Crippen LogP contribution >= 0.6 is 0 Å². The highest BCUT2D eigenvalue weighted by molar-refractivity contribution is 5.81. The summed E-state index contributed by atoms with van der Waals surface area (Å²) in [4.78, 5) is 12.7. The Kier molecular flexibility index (Phi) is 7.53. The van der Waals surface area contributed by atoms with E-state index in [2.05, 4.69) is 19.2 Å². The largest absolute Gasteiger partial charge is 0.497 e. The molecular weight excluding hydrogens is 342 g/mol. The van der Waals surface area contributed by atoms with E-state index in [4.69, 9.17) is 14.2 Å². The van der Waals surface area contributed by atoms with Gasteiger partial charge in [0.15, 0.2) is 6.10 Å². The molecule has 0 saturated heterocycles. The van der Waals surface area contributed by atoms with Crippen LogP contribution in [0.5, 0.6) is 17.2 Å². The van der Waals surface area contributed by atoms with Crippen LogP contribution in [0.15, 0.2) is 48.5 Å². The predicted octanol–water partition coefficient (Wildman–Crippen LogP) is 4.37. The molecule has 0 aromatic heterocycles. The lowest BCUT2D eigenvalue weighted by molar-refractivity contribution is -0.128. The van der Waals surface area contributed by atoms with Gasteiger partial charge in [-0.25, -0.2) is 0 Å². The first-order chi connectivity index (χ1) is 12.9. The monoisotopic (exact) mass is 371 g/mol. The number of rotatable bonds is 9. The van der Waals surface area contributed by atoms with Gasteiger partial charge in [-0.2, -0.15) is 0 Å². The molecule has 2 rings (SSSR count). The molecule has 2 aromatic rings. The number of hydrogen-bond donors (Lipinski definition) is 1. The SMILES string of the molecule is COc1ccc([C@H](CC(C)C)NC(=O)[C@@H](C)Oc2cccc(OC)c2)cc1. The average molecular weight is 371 g/mol. The van der Waals surface area contributed by atoms with Crippen LogP contribution in [0.4, 0.5) is 0 Å². The molecule has 0 heterocycles. The summed E-state index contributed by atoms with van der Waals surface area (Å²) in [5.74, 6) is 2.37. The molecule has 2 aromatic carbocycles. The minimum Gasteiger partial charge on any atom is -0.497 e. The number of ether oxygens (including phenoxy) is 3. The third-order valence-corrected chi connectivity index (χ3v) is 4.27. The Morgan fingerprint density at radius 2 is 1.56 bits per heavy atom. The standard InChI is InChI=1S/C22H29NO4/c1-15(2)13-21(17-9-11-18(25-4)12-10-17)23-22(24)16(3)27-20-8-6-7-19(14-20)26-5/h6-12,14-16,21H,13H2,1-5H3,(H,23,24)/t16-,21+/m1/s1. The third kappa shape index (κ3) is 6.20. The van der Waals surface area contributed by atoms with E-state index in [0.717, 1.165) is 17.7 Å². The quantitative estimate of drug-likeness (QED) is 0.711. The van der Waals surface area contributed by atoms with Gasteiger partial charge in [-0.15, -0.1) is 0 Å². The average Bonchev–Trinajstić information content (AvgIpc) is 2.67. The lowest BCUT2D eigenvalue weighted by Gasteiger charge is -2.24. The number of carbonyl (C=O) groups excluding carboxylic acids is 1. The summed E-state index contributed by atoms with van der Waals surface area (Å²) in [6, 6.07) is 14.9. The van der Waals surface area contributed by atoms with Crippen LogP contribution in [-0.2, 0) is 4.79 Å². The third-order valence-electron chi connectivity index (χ3n) is 4.27. The van der Waals surface area contributed by atoms with Gasteiger partial charge in [0.05, 0.1) is 20.3 Å². The van der Waals surface area contributed by atoms with Gasteiger partial charge in [-0.05, 0) is 49.1 Å². The summed E-state index contributed by atoms with van der Waals surface area (Å²) in [7, 11) is 3.24. The van der Waals surface area contributed by atoms with Crippen molar-refractivity contribution in [2.75, 3.05) is 14.2 Å².